The normalized spacial score (nSPS) is 25.8. The number of aromatic nitrogens is 3. The van der Waals surface area contributed by atoms with E-state index in [1.807, 2.05) is 18.6 Å². The molecule has 0 amide bonds. The summed E-state index contributed by atoms with van der Waals surface area (Å²) in [5, 5.41) is 1.20. The summed E-state index contributed by atoms with van der Waals surface area (Å²) in [4.78, 5) is 14.7. The van der Waals surface area contributed by atoms with Crippen LogP contribution in [0.3, 0.4) is 0 Å². The molecule has 2 fully saturated rings. The molecule has 2 aliphatic rings. The SMILES string of the molecule is c1cc2cc(-c3cnc(O[C@H]4CCN5CCCC4C5)nc3)ccc2[nH]1. The number of aromatic amines is 1. The van der Waals surface area contributed by atoms with Crippen LogP contribution >= 0.6 is 0 Å². The minimum Gasteiger partial charge on any atom is -0.460 e. The topological polar surface area (TPSA) is 54.0 Å². The minimum absolute atomic E-state index is 0.263. The number of piperidine rings is 2. The summed E-state index contributed by atoms with van der Waals surface area (Å²) in [7, 11) is 0. The Morgan fingerprint density at radius 2 is 1.96 bits per heavy atom. The number of fused-ring (bicyclic) bond motifs is 3. The zero-order valence-corrected chi connectivity index (χ0v) is 14.2. The van der Waals surface area contributed by atoms with Crippen LogP contribution in [0.15, 0.2) is 42.9 Å². The molecule has 0 spiro atoms. The quantitative estimate of drug-likeness (QED) is 0.797. The molecule has 0 aliphatic carbocycles. The minimum atomic E-state index is 0.263. The van der Waals surface area contributed by atoms with Crippen LogP contribution in [0, 0.1) is 5.92 Å². The Kier molecular flexibility index (Phi) is 3.67. The number of hydrogen-bond donors (Lipinski definition) is 1. The Bertz CT molecular complexity index is 873. The molecule has 1 aromatic carbocycles. The van der Waals surface area contributed by atoms with Gasteiger partial charge in [0.15, 0.2) is 0 Å². The third-order valence-corrected chi connectivity index (χ3v) is 5.57. The van der Waals surface area contributed by atoms with Gasteiger partial charge < -0.3 is 14.6 Å². The fourth-order valence-electron chi connectivity index (χ4n) is 4.19. The molecule has 2 saturated heterocycles. The predicted octanol–water partition coefficient (Wildman–Crippen LogP) is 3.49. The van der Waals surface area contributed by atoms with Crippen molar-refractivity contribution >= 4 is 10.9 Å². The molecule has 4 heterocycles. The van der Waals surface area contributed by atoms with Gasteiger partial charge in [-0.15, -0.1) is 0 Å². The second-order valence-corrected chi connectivity index (χ2v) is 7.18. The van der Waals surface area contributed by atoms with E-state index >= 15 is 0 Å². The first kappa shape index (κ1) is 14.9. The molecule has 5 nitrogen and oxygen atoms in total. The van der Waals surface area contributed by atoms with Crippen LogP contribution in [0.25, 0.3) is 22.0 Å². The van der Waals surface area contributed by atoms with Crippen molar-refractivity contribution in [3.8, 4) is 17.1 Å². The molecule has 2 unspecified atom stereocenters. The van der Waals surface area contributed by atoms with E-state index in [-0.39, 0.29) is 6.10 Å². The smallest absolute Gasteiger partial charge is 0.316 e. The Labute approximate surface area is 147 Å². The number of ether oxygens (including phenoxy) is 1. The van der Waals surface area contributed by atoms with Gasteiger partial charge in [-0.25, -0.2) is 9.97 Å². The predicted molar refractivity (Wildman–Crippen MR) is 97.5 cm³/mol. The van der Waals surface area contributed by atoms with Gasteiger partial charge >= 0.3 is 6.01 Å². The lowest BCUT2D eigenvalue weighted by molar-refractivity contribution is 0.0103. The molecule has 0 radical (unpaired) electrons. The van der Waals surface area contributed by atoms with Crippen molar-refractivity contribution in [1.29, 1.82) is 0 Å². The zero-order valence-electron chi connectivity index (χ0n) is 14.2. The van der Waals surface area contributed by atoms with Crippen molar-refractivity contribution in [2.45, 2.75) is 25.4 Å². The van der Waals surface area contributed by atoms with Crippen molar-refractivity contribution in [3.63, 3.8) is 0 Å². The molecule has 3 aromatic rings. The number of rotatable bonds is 3. The molecule has 3 atom stereocenters. The standard InChI is InChI=1S/C20H22N4O/c1-2-16-13-24(8-1)9-6-19(16)25-20-22-11-17(12-23-20)14-3-4-18-15(10-14)5-7-21-18/h3-5,7,10-12,16,19,21H,1-2,6,8-9,13H2/t16?,19-/m0/s1. The van der Waals surface area contributed by atoms with Crippen molar-refractivity contribution in [2.75, 3.05) is 19.6 Å². The molecular weight excluding hydrogens is 312 g/mol. The largest absolute Gasteiger partial charge is 0.460 e. The average Bonchev–Trinajstić information content (AvgIpc) is 3.13. The van der Waals surface area contributed by atoms with Crippen molar-refractivity contribution < 1.29 is 4.74 Å². The number of nitrogens with zero attached hydrogens (tertiary/aromatic N) is 3. The van der Waals surface area contributed by atoms with Crippen LogP contribution in [0.4, 0.5) is 0 Å². The fourth-order valence-corrected chi connectivity index (χ4v) is 4.19. The number of benzene rings is 1. The van der Waals surface area contributed by atoms with Gasteiger partial charge in [0.1, 0.15) is 6.10 Å². The van der Waals surface area contributed by atoms with E-state index in [0.29, 0.717) is 11.9 Å². The summed E-state index contributed by atoms with van der Waals surface area (Å²) in [5.41, 5.74) is 3.28. The Balaban J connectivity index is 1.32. The van der Waals surface area contributed by atoms with Crippen LogP contribution in [0.5, 0.6) is 6.01 Å². The van der Waals surface area contributed by atoms with Crippen LogP contribution < -0.4 is 4.74 Å². The van der Waals surface area contributed by atoms with Gasteiger partial charge in [-0.3, -0.25) is 0 Å². The van der Waals surface area contributed by atoms with Gasteiger partial charge in [0.25, 0.3) is 0 Å². The lowest BCUT2D eigenvalue weighted by atomic mass is 9.87. The highest BCUT2D eigenvalue weighted by Crippen LogP contribution is 2.29. The number of hydrogen-bond acceptors (Lipinski definition) is 4. The lowest BCUT2D eigenvalue weighted by Gasteiger charge is -2.41. The molecule has 2 bridgehead atoms. The fraction of sp³-hybridized carbons (Fsp3) is 0.400. The monoisotopic (exact) mass is 334 g/mol. The molecule has 2 aliphatic heterocycles. The van der Waals surface area contributed by atoms with Crippen molar-refractivity contribution in [3.05, 3.63) is 42.9 Å². The number of H-pyrrole nitrogens is 1. The first-order valence-electron chi connectivity index (χ1n) is 9.14. The highest BCUT2D eigenvalue weighted by atomic mass is 16.5. The maximum atomic E-state index is 6.14. The van der Waals surface area contributed by atoms with E-state index in [4.69, 9.17) is 4.74 Å². The molecule has 1 N–H and O–H groups in total. The maximum absolute atomic E-state index is 6.14. The summed E-state index contributed by atoms with van der Waals surface area (Å²) in [6, 6.07) is 8.92. The highest BCUT2D eigenvalue weighted by molar-refractivity contribution is 5.84. The van der Waals surface area contributed by atoms with Crippen LogP contribution in [0.1, 0.15) is 19.3 Å². The summed E-state index contributed by atoms with van der Waals surface area (Å²) in [6.07, 6.45) is 9.58. The van der Waals surface area contributed by atoms with Gasteiger partial charge in [-0.1, -0.05) is 6.07 Å². The summed E-state index contributed by atoms with van der Waals surface area (Å²) < 4.78 is 6.14. The van der Waals surface area contributed by atoms with Gasteiger partial charge in [-0.05, 0) is 55.0 Å². The third-order valence-electron chi connectivity index (χ3n) is 5.57. The van der Waals surface area contributed by atoms with Crippen LogP contribution in [-0.2, 0) is 0 Å². The van der Waals surface area contributed by atoms with Gasteiger partial charge in [0.2, 0.25) is 0 Å². The molecular formula is C20H22N4O. The van der Waals surface area contributed by atoms with Gasteiger partial charge in [-0.2, -0.15) is 0 Å². The van der Waals surface area contributed by atoms with Gasteiger partial charge in [0.05, 0.1) is 0 Å². The zero-order chi connectivity index (χ0) is 16.6. The van der Waals surface area contributed by atoms with Crippen LogP contribution in [0.2, 0.25) is 0 Å². The van der Waals surface area contributed by atoms with E-state index in [2.05, 4.69) is 44.1 Å². The summed E-state index contributed by atoms with van der Waals surface area (Å²) >= 11 is 0. The molecule has 25 heavy (non-hydrogen) atoms. The van der Waals surface area contributed by atoms with Crippen LogP contribution in [-0.4, -0.2) is 45.6 Å². The van der Waals surface area contributed by atoms with E-state index in [1.165, 1.54) is 31.3 Å². The number of nitrogens with one attached hydrogen (secondary N) is 1. The van der Waals surface area contributed by atoms with E-state index < -0.39 is 0 Å². The Morgan fingerprint density at radius 3 is 2.88 bits per heavy atom. The summed E-state index contributed by atoms with van der Waals surface area (Å²) in [6.45, 7) is 3.55. The Hall–Kier alpha value is -2.40. The van der Waals surface area contributed by atoms with Gasteiger partial charge in [0, 0.05) is 48.7 Å². The summed E-state index contributed by atoms with van der Waals surface area (Å²) in [5.74, 6) is 0.627. The maximum Gasteiger partial charge on any atom is 0.316 e. The lowest BCUT2D eigenvalue weighted by Crippen LogP contribution is -2.49. The highest BCUT2D eigenvalue weighted by Gasteiger charge is 2.33. The first-order chi connectivity index (χ1) is 12.3. The van der Waals surface area contributed by atoms with Crippen molar-refractivity contribution in [2.24, 2.45) is 5.92 Å². The molecule has 5 heteroatoms. The molecule has 5 rings (SSSR count). The first-order valence-corrected chi connectivity index (χ1v) is 9.14. The Morgan fingerprint density at radius 1 is 1.04 bits per heavy atom. The van der Waals surface area contributed by atoms with E-state index in [9.17, 15) is 0 Å². The molecule has 128 valence electrons. The van der Waals surface area contributed by atoms with E-state index in [0.717, 1.165) is 29.6 Å². The second-order valence-electron chi connectivity index (χ2n) is 7.18. The molecule has 2 aromatic heterocycles. The third kappa shape index (κ3) is 2.89. The molecule has 0 saturated carbocycles. The van der Waals surface area contributed by atoms with E-state index in [1.54, 1.807) is 0 Å². The van der Waals surface area contributed by atoms with Crippen molar-refractivity contribution in [1.82, 2.24) is 19.9 Å². The second kappa shape index (κ2) is 6.15. The average molecular weight is 334 g/mol.